The van der Waals surface area contributed by atoms with E-state index in [1.54, 1.807) is 6.92 Å². The van der Waals surface area contributed by atoms with Crippen molar-refractivity contribution in [2.24, 2.45) is 5.73 Å². The zero-order valence-corrected chi connectivity index (χ0v) is 11.5. The average molecular weight is 266 g/mol. The van der Waals surface area contributed by atoms with Crippen LogP contribution in [0, 0.1) is 0 Å². The third kappa shape index (κ3) is 3.71. The Hall–Kier alpha value is -0.690. The lowest BCUT2D eigenvalue weighted by molar-refractivity contribution is -0.121. The number of amides is 1. The fourth-order valence-corrected chi connectivity index (χ4v) is 1.54. The summed E-state index contributed by atoms with van der Waals surface area (Å²) in [4.78, 5) is 11.8. The quantitative estimate of drug-likeness (QED) is 0.683. The first kappa shape index (κ1) is 15.3. The molecule has 2 atom stereocenters. The number of nitrogens with one attached hydrogen (secondary N) is 1. The zero-order chi connectivity index (χ0) is 13.1. The van der Waals surface area contributed by atoms with E-state index in [0.29, 0.717) is 6.42 Å². The van der Waals surface area contributed by atoms with Gasteiger partial charge in [0.05, 0.1) is 10.5 Å². The number of sulfone groups is 1. The normalized spacial score (nSPS) is 17.2. The second-order valence-electron chi connectivity index (χ2n) is 4.01. The molecule has 0 saturated carbocycles. The van der Waals surface area contributed by atoms with Gasteiger partial charge >= 0.3 is 0 Å². The molecule has 7 heteroatoms. The summed E-state index contributed by atoms with van der Waals surface area (Å²) in [6, 6.07) is 0. The van der Waals surface area contributed by atoms with E-state index < -0.39 is 26.5 Å². The maximum Gasteiger partial charge on any atom is 0.238 e. The van der Waals surface area contributed by atoms with E-state index in [0.717, 1.165) is 6.26 Å². The van der Waals surface area contributed by atoms with E-state index in [-0.39, 0.29) is 4.99 Å². The summed E-state index contributed by atoms with van der Waals surface area (Å²) in [5.41, 5.74) is 4.66. The SMILES string of the molecule is CCC(C)(NC(=O)C(C)S(C)(=O)=O)C(N)=S. The maximum absolute atomic E-state index is 11.7. The van der Waals surface area contributed by atoms with E-state index >= 15 is 0 Å². The first-order valence-corrected chi connectivity index (χ1v) is 7.21. The number of rotatable bonds is 5. The van der Waals surface area contributed by atoms with Crippen LogP contribution in [-0.4, -0.2) is 36.4 Å². The number of hydrogen-bond donors (Lipinski definition) is 2. The average Bonchev–Trinajstić information content (AvgIpc) is 2.14. The number of carbonyl (C=O) groups excluding carboxylic acids is 1. The molecule has 0 bridgehead atoms. The van der Waals surface area contributed by atoms with E-state index in [9.17, 15) is 13.2 Å². The predicted molar refractivity (Wildman–Crippen MR) is 67.9 cm³/mol. The van der Waals surface area contributed by atoms with Gasteiger partial charge in [0, 0.05) is 6.26 Å². The third-order valence-electron chi connectivity index (χ3n) is 2.66. The molecule has 0 saturated heterocycles. The lowest BCUT2D eigenvalue weighted by Gasteiger charge is -2.29. The van der Waals surface area contributed by atoms with Crippen molar-refractivity contribution < 1.29 is 13.2 Å². The lowest BCUT2D eigenvalue weighted by Crippen LogP contribution is -2.56. The number of thiocarbonyl (C=S) groups is 1. The van der Waals surface area contributed by atoms with Gasteiger partial charge in [-0.25, -0.2) is 8.42 Å². The second-order valence-corrected chi connectivity index (χ2v) is 6.82. The van der Waals surface area contributed by atoms with E-state index in [1.165, 1.54) is 6.92 Å². The smallest absolute Gasteiger partial charge is 0.238 e. The van der Waals surface area contributed by atoms with Gasteiger partial charge in [-0.1, -0.05) is 19.1 Å². The Labute approximate surface area is 102 Å². The summed E-state index contributed by atoms with van der Waals surface area (Å²) in [5.74, 6) is -0.584. The van der Waals surface area contributed by atoms with Crippen molar-refractivity contribution in [3.8, 4) is 0 Å². The monoisotopic (exact) mass is 266 g/mol. The largest absolute Gasteiger partial charge is 0.391 e. The van der Waals surface area contributed by atoms with Crippen LogP contribution in [0.4, 0.5) is 0 Å². The van der Waals surface area contributed by atoms with Gasteiger partial charge in [-0.05, 0) is 20.3 Å². The highest BCUT2D eigenvalue weighted by molar-refractivity contribution is 7.92. The van der Waals surface area contributed by atoms with Gasteiger partial charge in [-0.2, -0.15) is 0 Å². The third-order valence-corrected chi connectivity index (χ3v) is 4.61. The fourth-order valence-electron chi connectivity index (χ4n) is 0.892. The summed E-state index contributed by atoms with van der Waals surface area (Å²) in [6.45, 7) is 4.81. The molecule has 0 spiro atoms. The highest BCUT2D eigenvalue weighted by Crippen LogP contribution is 2.11. The molecule has 0 heterocycles. The van der Waals surface area contributed by atoms with Crippen molar-refractivity contribution in [1.82, 2.24) is 5.32 Å². The Morgan fingerprint density at radius 3 is 2.25 bits per heavy atom. The van der Waals surface area contributed by atoms with Crippen LogP contribution in [0.15, 0.2) is 0 Å². The molecule has 2 unspecified atom stereocenters. The van der Waals surface area contributed by atoms with E-state index in [2.05, 4.69) is 5.32 Å². The van der Waals surface area contributed by atoms with Gasteiger partial charge in [0.25, 0.3) is 0 Å². The minimum absolute atomic E-state index is 0.143. The lowest BCUT2D eigenvalue weighted by atomic mass is 9.99. The molecule has 3 N–H and O–H groups in total. The first-order chi connectivity index (χ1) is 7.04. The van der Waals surface area contributed by atoms with Crippen LogP contribution in [0.25, 0.3) is 0 Å². The second kappa shape index (κ2) is 5.09. The summed E-state index contributed by atoms with van der Waals surface area (Å²) >= 11 is 4.84. The molecule has 94 valence electrons. The van der Waals surface area contributed by atoms with Crippen LogP contribution < -0.4 is 11.1 Å². The predicted octanol–water partition coefficient (Wildman–Crippen LogP) is -0.00950. The van der Waals surface area contributed by atoms with Crippen molar-refractivity contribution in [1.29, 1.82) is 0 Å². The topological polar surface area (TPSA) is 89.3 Å². The fraction of sp³-hybridized carbons (Fsp3) is 0.778. The van der Waals surface area contributed by atoms with E-state index in [1.807, 2.05) is 6.92 Å². The van der Waals surface area contributed by atoms with Gasteiger partial charge in [0.15, 0.2) is 9.84 Å². The highest BCUT2D eigenvalue weighted by Gasteiger charge is 2.32. The van der Waals surface area contributed by atoms with Crippen LogP contribution >= 0.6 is 12.2 Å². The Morgan fingerprint density at radius 2 is 2.00 bits per heavy atom. The molecule has 0 aromatic heterocycles. The molecule has 0 aliphatic carbocycles. The summed E-state index contributed by atoms with van der Waals surface area (Å²) in [5, 5.41) is 1.46. The van der Waals surface area contributed by atoms with Crippen molar-refractivity contribution in [2.45, 2.75) is 38.0 Å². The molecule has 0 aliphatic heterocycles. The molecular formula is C9H18N2O3S2. The molecule has 16 heavy (non-hydrogen) atoms. The zero-order valence-electron chi connectivity index (χ0n) is 9.90. The first-order valence-electron chi connectivity index (χ1n) is 4.85. The molecule has 0 aromatic rings. The number of hydrogen-bond acceptors (Lipinski definition) is 4. The van der Waals surface area contributed by atoms with Crippen molar-refractivity contribution in [2.75, 3.05) is 6.26 Å². The molecule has 0 aromatic carbocycles. The Bertz CT molecular complexity index is 392. The molecule has 5 nitrogen and oxygen atoms in total. The van der Waals surface area contributed by atoms with Crippen LogP contribution in [-0.2, 0) is 14.6 Å². The van der Waals surface area contributed by atoms with Crippen LogP contribution in [0.3, 0.4) is 0 Å². The van der Waals surface area contributed by atoms with E-state index in [4.69, 9.17) is 18.0 Å². The van der Waals surface area contributed by atoms with Crippen LogP contribution in [0.1, 0.15) is 27.2 Å². The van der Waals surface area contributed by atoms with Crippen molar-refractivity contribution in [3.63, 3.8) is 0 Å². The van der Waals surface area contributed by atoms with Crippen LogP contribution in [0.5, 0.6) is 0 Å². The molecule has 0 rings (SSSR count). The molecule has 0 aliphatic rings. The molecule has 1 amide bonds. The molecule has 0 fully saturated rings. The standard InChI is InChI=1S/C9H18N2O3S2/c1-5-9(3,8(10)15)11-7(12)6(2)16(4,13)14/h6H,5H2,1-4H3,(H2,10,15)(H,11,12). The van der Waals surface area contributed by atoms with Crippen LogP contribution in [0.2, 0.25) is 0 Å². The Morgan fingerprint density at radius 1 is 1.56 bits per heavy atom. The van der Waals surface area contributed by atoms with Gasteiger partial charge in [-0.15, -0.1) is 0 Å². The minimum atomic E-state index is -3.40. The maximum atomic E-state index is 11.7. The number of nitrogens with two attached hydrogens (primary N) is 1. The highest BCUT2D eigenvalue weighted by atomic mass is 32.2. The molecule has 0 radical (unpaired) electrons. The van der Waals surface area contributed by atoms with Gasteiger partial charge in [0.2, 0.25) is 5.91 Å². The van der Waals surface area contributed by atoms with Gasteiger partial charge < -0.3 is 11.1 Å². The van der Waals surface area contributed by atoms with Crippen molar-refractivity contribution in [3.05, 3.63) is 0 Å². The Kier molecular flexibility index (Phi) is 4.87. The van der Waals surface area contributed by atoms with Gasteiger partial charge in [-0.3, -0.25) is 4.79 Å². The number of carbonyl (C=O) groups is 1. The van der Waals surface area contributed by atoms with Gasteiger partial charge in [0.1, 0.15) is 5.25 Å². The van der Waals surface area contributed by atoms with Crippen molar-refractivity contribution >= 4 is 33.0 Å². The summed E-state index contributed by atoms with van der Waals surface area (Å²) < 4.78 is 22.4. The molecular weight excluding hydrogens is 248 g/mol. The minimum Gasteiger partial charge on any atom is -0.391 e. The summed E-state index contributed by atoms with van der Waals surface area (Å²) in [6.07, 6.45) is 1.52. The summed E-state index contributed by atoms with van der Waals surface area (Å²) in [7, 11) is -3.40. The Balaban J connectivity index is 4.88.